The third kappa shape index (κ3) is 2.97. The molecule has 186 valence electrons. The Morgan fingerprint density at radius 3 is 2.53 bits per heavy atom. The third-order valence-corrected chi connectivity index (χ3v) is 10.2. The monoisotopic (exact) mass is 474 g/mol. The highest BCUT2D eigenvalue weighted by atomic mass is 16.5. The Bertz CT molecular complexity index is 1030. The first-order valence-electron chi connectivity index (χ1n) is 12.4. The van der Waals surface area contributed by atoms with Gasteiger partial charge < -0.3 is 29.3 Å². The van der Waals surface area contributed by atoms with E-state index in [4.69, 9.17) is 9.15 Å². The maximum atomic E-state index is 12.9. The molecule has 1 heterocycles. The fourth-order valence-corrected chi connectivity index (χ4v) is 8.68. The van der Waals surface area contributed by atoms with Crippen LogP contribution in [0.1, 0.15) is 76.7 Å². The van der Waals surface area contributed by atoms with Crippen LogP contribution in [0.4, 0.5) is 0 Å². The Morgan fingerprint density at radius 1 is 1.15 bits per heavy atom. The van der Waals surface area contributed by atoms with E-state index in [1.54, 1.807) is 6.07 Å². The van der Waals surface area contributed by atoms with Crippen molar-refractivity contribution < 1.29 is 34.1 Å². The first-order chi connectivity index (χ1) is 16.0. The lowest BCUT2D eigenvalue weighted by atomic mass is 9.41. The van der Waals surface area contributed by atoms with Crippen molar-refractivity contribution in [3.63, 3.8) is 0 Å². The van der Waals surface area contributed by atoms with Gasteiger partial charge in [-0.1, -0.05) is 6.92 Å². The van der Waals surface area contributed by atoms with Crippen LogP contribution >= 0.6 is 0 Å². The van der Waals surface area contributed by atoms with E-state index < -0.39 is 45.8 Å². The van der Waals surface area contributed by atoms with Crippen molar-refractivity contribution in [3.05, 3.63) is 34.4 Å². The summed E-state index contributed by atoms with van der Waals surface area (Å²) in [6.45, 7) is 3.35. The van der Waals surface area contributed by atoms with Gasteiger partial charge in [-0.15, -0.1) is 0 Å². The second-order valence-corrected chi connectivity index (χ2v) is 11.4. The van der Waals surface area contributed by atoms with Crippen LogP contribution in [0.3, 0.4) is 0 Å². The molecular weight excluding hydrogens is 440 g/mol. The molecule has 4 fully saturated rings. The van der Waals surface area contributed by atoms with E-state index in [0.717, 1.165) is 11.8 Å². The summed E-state index contributed by atoms with van der Waals surface area (Å²) in [5.74, 6) is -1.22. The van der Waals surface area contributed by atoms with Crippen LogP contribution in [-0.2, 0) is 14.3 Å². The number of ether oxygens (including phenoxy) is 1. The lowest BCUT2D eigenvalue weighted by Crippen LogP contribution is -2.73. The fourth-order valence-electron chi connectivity index (χ4n) is 8.68. The van der Waals surface area contributed by atoms with Crippen molar-refractivity contribution in [2.45, 2.75) is 94.5 Å². The van der Waals surface area contributed by atoms with E-state index in [0.29, 0.717) is 32.1 Å². The number of hydrogen-bond donors (Lipinski definition) is 3. The zero-order chi connectivity index (χ0) is 24.5. The number of aldehydes is 1. The number of esters is 1. The van der Waals surface area contributed by atoms with Crippen molar-refractivity contribution >= 4 is 12.3 Å². The standard InChI is InChI=1S/C26H34O8/c1-15(28)34-21-11-17(29)12-24(31)9-6-20-19(25(21,24)14-27)5-8-23(2)18(7-10-26(20,23)32)16-3-4-22(30)33-13-16/h3-4,13-14,17-21,29,31-32H,5-12H2,1-2H3. The molecule has 9 atom stereocenters. The van der Waals surface area contributed by atoms with Gasteiger partial charge in [0.15, 0.2) is 0 Å². The van der Waals surface area contributed by atoms with E-state index in [-0.39, 0.29) is 37.0 Å². The second-order valence-electron chi connectivity index (χ2n) is 11.4. The highest BCUT2D eigenvalue weighted by Crippen LogP contribution is 2.71. The number of rotatable bonds is 3. The number of carbonyl (C=O) groups is 2. The lowest BCUT2D eigenvalue weighted by molar-refractivity contribution is -0.274. The van der Waals surface area contributed by atoms with Gasteiger partial charge in [-0.2, -0.15) is 0 Å². The van der Waals surface area contributed by atoms with Crippen LogP contribution in [0.25, 0.3) is 0 Å². The van der Waals surface area contributed by atoms with Gasteiger partial charge in [-0.05, 0) is 67.9 Å². The molecule has 4 aliphatic rings. The van der Waals surface area contributed by atoms with Crippen molar-refractivity contribution in [2.75, 3.05) is 0 Å². The van der Waals surface area contributed by atoms with E-state index in [1.807, 2.05) is 0 Å². The number of aliphatic hydroxyl groups excluding tert-OH is 1. The molecule has 0 aromatic carbocycles. The summed E-state index contributed by atoms with van der Waals surface area (Å²) >= 11 is 0. The maximum Gasteiger partial charge on any atom is 0.335 e. The minimum Gasteiger partial charge on any atom is -0.461 e. The predicted molar refractivity (Wildman–Crippen MR) is 120 cm³/mol. The molecule has 5 rings (SSSR count). The summed E-state index contributed by atoms with van der Waals surface area (Å²) in [5.41, 5.74) is -4.01. The van der Waals surface area contributed by atoms with E-state index in [9.17, 15) is 29.7 Å². The molecule has 1 aromatic heterocycles. The molecule has 9 unspecified atom stereocenters. The number of carbonyl (C=O) groups excluding carboxylic acids is 2. The molecule has 1 aromatic rings. The van der Waals surface area contributed by atoms with Crippen LogP contribution in [0.2, 0.25) is 0 Å². The normalized spacial score (nSPS) is 47.7. The molecule has 0 spiro atoms. The summed E-state index contributed by atoms with van der Waals surface area (Å²) in [6, 6.07) is 3.17. The number of aliphatic hydroxyl groups is 3. The smallest absolute Gasteiger partial charge is 0.335 e. The topological polar surface area (TPSA) is 134 Å². The molecule has 34 heavy (non-hydrogen) atoms. The Balaban J connectivity index is 1.56. The summed E-state index contributed by atoms with van der Waals surface area (Å²) in [6.07, 6.45) is 3.74. The highest BCUT2D eigenvalue weighted by molar-refractivity contribution is 5.70. The van der Waals surface area contributed by atoms with Crippen molar-refractivity contribution in [1.82, 2.24) is 0 Å². The van der Waals surface area contributed by atoms with Crippen molar-refractivity contribution in [3.8, 4) is 0 Å². The maximum absolute atomic E-state index is 12.9. The first kappa shape index (κ1) is 23.7. The predicted octanol–water partition coefficient (Wildman–Crippen LogP) is 2.08. The highest BCUT2D eigenvalue weighted by Gasteiger charge is 2.74. The molecule has 0 amide bonds. The Kier molecular flexibility index (Phi) is 5.39. The van der Waals surface area contributed by atoms with Gasteiger partial charge >= 0.3 is 11.6 Å². The molecule has 4 saturated carbocycles. The van der Waals surface area contributed by atoms with Gasteiger partial charge in [0.2, 0.25) is 0 Å². The van der Waals surface area contributed by atoms with Gasteiger partial charge in [-0.25, -0.2) is 4.79 Å². The Labute approximate surface area is 198 Å². The first-order valence-corrected chi connectivity index (χ1v) is 12.4. The van der Waals surface area contributed by atoms with Crippen LogP contribution in [0.15, 0.2) is 27.6 Å². The summed E-state index contributed by atoms with van der Waals surface area (Å²) in [5, 5.41) is 34.6. The van der Waals surface area contributed by atoms with Crippen molar-refractivity contribution in [1.29, 1.82) is 0 Å². The largest absolute Gasteiger partial charge is 0.461 e. The Hall–Kier alpha value is -2.03. The summed E-state index contributed by atoms with van der Waals surface area (Å²) in [4.78, 5) is 36.4. The molecule has 0 bridgehead atoms. The number of hydrogen-bond acceptors (Lipinski definition) is 8. The molecular formula is C26H34O8. The Morgan fingerprint density at radius 2 is 1.88 bits per heavy atom. The molecule has 8 nitrogen and oxygen atoms in total. The van der Waals surface area contributed by atoms with E-state index >= 15 is 0 Å². The van der Waals surface area contributed by atoms with Gasteiger partial charge in [0.25, 0.3) is 0 Å². The lowest BCUT2D eigenvalue weighted by Gasteiger charge is -2.66. The quantitative estimate of drug-likeness (QED) is 0.448. The molecule has 0 radical (unpaired) electrons. The van der Waals surface area contributed by atoms with Crippen LogP contribution in [0.5, 0.6) is 0 Å². The minimum atomic E-state index is -1.50. The SMILES string of the molecule is CC(=O)OC1CC(O)CC2(O)CCC3C(CCC4(C)C(c5ccc(=O)oc5)CCC34O)C12C=O. The third-order valence-electron chi connectivity index (χ3n) is 10.2. The second kappa shape index (κ2) is 7.73. The van der Waals surface area contributed by atoms with Crippen molar-refractivity contribution in [2.24, 2.45) is 22.7 Å². The fraction of sp³-hybridized carbons (Fsp3) is 0.731. The van der Waals surface area contributed by atoms with Gasteiger partial charge in [0.1, 0.15) is 12.4 Å². The van der Waals surface area contributed by atoms with Gasteiger partial charge in [-0.3, -0.25) is 4.79 Å². The minimum absolute atomic E-state index is 0.00626. The van der Waals surface area contributed by atoms with E-state index in [1.165, 1.54) is 19.3 Å². The van der Waals surface area contributed by atoms with Crippen LogP contribution in [-0.4, -0.2) is 51.0 Å². The zero-order valence-electron chi connectivity index (χ0n) is 19.7. The summed E-state index contributed by atoms with van der Waals surface area (Å²) in [7, 11) is 0. The molecule has 3 N–H and O–H groups in total. The summed E-state index contributed by atoms with van der Waals surface area (Å²) < 4.78 is 10.7. The number of fused-ring (bicyclic) bond motifs is 5. The van der Waals surface area contributed by atoms with Gasteiger partial charge in [0, 0.05) is 31.2 Å². The average Bonchev–Trinajstić information content (AvgIpc) is 3.04. The molecule has 0 aliphatic heterocycles. The van der Waals surface area contributed by atoms with Crippen LogP contribution in [0, 0.1) is 22.7 Å². The van der Waals surface area contributed by atoms with Gasteiger partial charge in [0.05, 0.1) is 29.0 Å². The average molecular weight is 475 g/mol. The van der Waals surface area contributed by atoms with Crippen LogP contribution < -0.4 is 5.63 Å². The van der Waals surface area contributed by atoms with E-state index in [2.05, 4.69) is 6.92 Å². The molecule has 4 aliphatic carbocycles. The molecule has 0 saturated heterocycles. The zero-order valence-corrected chi connectivity index (χ0v) is 19.7. The molecule has 8 heteroatoms.